The number of hydrogen-bond donors (Lipinski definition) is 2. The van der Waals surface area contributed by atoms with Crippen molar-refractivity contribution in [3.8, 4) is 0 Å². The summed E-state index contributed by atoms with van der Waals surface area (Å²) in [5.41, 5.74) is 2.95. The average Bonchev–Trinajstić information content (AvgIpc) is 3.45. The second-order valence-electron chi connectivity index (χ2n) is 10.5. The molecule has 1 saturated heterocycles. The van der Waals surface area contributed by atoms with E-state index in [1.807, 2.05) is 60.7 Å². The number of carbonyl (C=O) groups is 3. The summed E-state index contributed by atoms with van der Waals surface area (Å²) in [7, 11) is 3.34. The number of rotatable bonds is 9. The van der Waals surface area contributed by atoms with Gasteiger partial charge in [0.25, 0.3) is 0 Å². The number of fused-ring (bicyclic) bond motifs is 1. The number of benzene rings is 3. The molecule has 2 amide bonds. The van der Waals surface area contributed by atoms with Gasteiger partial charge < -0.3 is 29.5 Å². The quantitative estimate of drug-likeness (QED) is 0.294. The number of amides is 2. The molecule has 3 aromatic carbocycles. The molecule has 3 aromatic rings. The zero-order chi connectivity index (χ0) is 30.4. The van der Waals surface area contributed by atoms with Crippen LogP contribution in [0.15, 0.2) is 103 Å². The van der Waals surface area contributed by atoms with Gasteiger partial charge in [-0.1, -0.05) is 72.8 Å². The monoisotopic (exact) mass is 582 g/mol. The molecule has 1 aliphatic heterocycles. The molecule has 0 spiro atoms. The van der Waals surface area contributed by atoms with E-state index in [0.717, 1.165) is 16.7 Å². The van der Waals surface area contributed by atoms with Crippen molar-refractivity contribution in [2.45, 2.75) is 30.5 Å². The minimum Gasteiger partial charge on any atom is -0.456 e. The molecule has 3 unspecified atom stereocenters. The highest BCUT2D eigenvalue weighted by molar-refractivity contribution is 5.94. The molecular formula is C34H34N2O7. The molecule has 9 heteroatoms. The third-order valence-electron chi connectivity index (χ3n) is 7.34. The van der Waals surface area contributed by atoms with E-state index in [1.165, 1.54) is 11.0 Å². The summed E-state index contributed by atoms with van der Waals surface area (Å²) in [6.45, 7) is -0.117. The summed E-state index contributed by atoms with van der Waals surface area (Å²) in [6.07, 6.45) is 2.67. The fourth-order valence-electron chi connectivity index (χ4n) is 5.13. The Hall–Kier alpha value is -4.57. The molecule has 1 fully saturated rings. The third kappa shape index (κ3) is 6.59. The predicted molar refractivity (Wildman–Crippen MR) is 160 cm³/mol. The first-order chi connectivity index (χ1) is 20.8. The van der Waals surface area contributed by atoms with Crippen LogP contribution in [0.5, 0.6) is 0 Å². The average molecular weight is 583 g/mol. The molecular weight excluding hydrogens is 548 g/mol. The number of aliphatic hydroxyl groups is 1. The van der Waals surface area contributed by atoms with Gasteiger partial charge in [-0.3, -0.25) is 9.59 Å². The van der Waals surface area contributed by atoms with Gasteiger partial charge in [-0.05, 0) is 29.8 Å². The van der Waals surface area contributed by atoms with Crippen molar-refractivity contribution < 1.29 is 33.7 Å². The highest BCUT2D eigenvalue weighted by Crippen LogP contribution is 2.47. The first-order valence-corrected chi connectivity index (χ1v) is 14.1. The molecule has 0 bridgehead atoms. The Morgan fingerprint density at radius 3 is 2.16 bits per heavy atom. The largest absolute Gasteiger partial charge is 0.456 e. The van der Waals surface area contributed by atoms with Gasteiger partial charge in [0.1, 0.15) is 18.3 Å². The standard InChI is InChI=1S/C34H34N2O7/c1-36(2)30(38)18-15-23-13-16-24(17-14-23)33(40)41-28-21-25(32(39)35-19-20-37)22-29-31(28)43-34(42-29,26-9-5-3-6-10-26)27-11-7-4-8-12-27/h3-18,22,28-29,31,37H,19-21H2,1-2H3,(H,35,39). The van der Waals surface area contributed by atoms with Crippen molar-refractivity contribution in [2.24, 2.45) is 0 Å². The lowest BCUT2D eigenvalue weighted by Gasteiger charge is -2.31. The highest BCUT2D eigenvalue weighted by Gasteiger charge is 2.54. The van der Waals surface area contributed by atoms with Gasteiger partial charge in [-0.25, -0.2) is 4.79 Å². The molecule has 1 aliphatic carbocycles. The van der Waals surface area contributed by atoms with Gasteiger partial charge >= 0.3 is 5.97 Å². The smallest absolute Gasteiger partial charge is 0.338 e. The van der Waals surface area contributed by atoms with E-state index in [2.05, 4.69) is 5.32 Å². The lowest BCUT2D eigenvalue weighted by atomic mass is 9.91. The lowest BCUT2D eigenvalue weighted by Crippen LogP contribution is -2.43. The molecule has 1 heterocycles. The summed E-state index contributed by atoms with van der Waals surface area (Å²) >= 11 is 0. The molecule has 5 rings (SSSR count). The molecule has 43 heavy (non-hydrogen) atoms. The number of hydrogen-bond acceptors (Lipinski definition) is 7. The Labute approximate surface area is 250 Å². The summed E-state index contributed by atoms with van der Waals surface area (Å²) < 4.78 is 19.4. The summed E-state index contributed by atoms with van der Waals surface area (Å²) in [5.74, 6) is -2.41. The van der Waals surface area contributed by atoms with Crippen LogP contribution < -0.4 is 5.32 Å². The fraction of sp³-hybridized carbons (Fsp3) is 0.265. The Morgan fingerprint density at radius 2 is 1.58 bits per heavy atom. The molecule has 0 saturated carbocycles. The SMILES string of the molecule is CN(C)C(=O)C=Cc1ccc(C(=O)OC2CC(C(=O)NCCO)=CC3OC(c4ccccc4)(c4ccccc4)OC32)cc1. The second kappa shape index (κ2) is 13.2. The van der Waals surface area contributed by atoms with Crippen LogP contribution in [0.3, 0.4) is 0 Å². The van der Waals surface area contributed by atoms with Crippen LogP contribution in [-0.2, 0) is 29.6 Å². The number of likely N-dealkylation sites (N-methyl/N-ethyl adjacent to an activating group) is 1. The normalized spacial score (nSPS) is 20.6. The summed E-state index contributed by atoms with van der Waals surface area (Å²) in [4.78, 5) is 39.7. The first-order valence-electron chi connectivity index (χ1n) is 14.1. The van der Waals surface area contributed by atoms with Crippen LogP contribution in [0.4, 0.5) is 0 Å². The number of esters is 1. The highest BCUT2D eigenvalue weighted by atomic mass is 16.8. The van der Waals surface area contributed by atoms with E-state index in [1.54, 1.807) is 50.5 Å². The number of nitrogens with zero attached hydrogens (tertiary/aromatic N) is 1. The van der Waals surface area contributed by atoms with Crippen molar-refractivity contribution >= 4 is 23.9 Å². The zero-order valence-corrected chi connectivity index (χ0v) is 24.0. The van der Waals surface area contributed by atoms with E-state index in [-0.39, 0.29) is 31.4 Å². The fourth-order valence-corrected chi connectivity index (χ4v) is 5.13. The Kier molecular flexibility index (Phi) is 9.16. The van der Waals surface area contributed by atoms with Gasteiger partial charge in [0.2, 0.25) is 17.6 Å². The van der Waals surface area contributed by atoms with Gasteiger partial charge in [-0.2, -0.15) is 0 Å². The third-order valence-corrected chi connectivity index (χ3v) is 7.34. The molecule has 0 radical (unpaired) electrons. The van der Waals surface area contributed by atoms with Crippen molar-refractivity contribution in [3.63, 3.8) is 0 Å². The Bertz CT molecular complexity index is 1460. The van der Waals surface area contributed by atoms with Gasteiger partial charge in [0, 0.05) is 49.8 Å². The maximum Gasteiger partial charge on any atom is 0.338 e. The number of aliphatic hydroxyl groups excluding tert-OH is 1. The van der Waals surface area contributed by atoms with E-state index >= 15 is 0 Å². The van der Waals surface area contributed by atoms with Gasteiger partial charge in [0.05, 0.1) is 12.2 Å². The first kappa shape index (κ1) is 29.9. The van der Waals surface area contributed by atoms with Crippen LogP contribution >= 0.6 is 0 Å². The summed E-state index contributed by atoms with van der Waals surface area (Å²) in [5, 5.41) is 11.9. The topological polar surface area (TPSA) is 114 Å². The lowest BCUT2D eigenvalue weighted by molar-refractivity contribution is -0.157. The van der Waals surface area contributed by atoms with Crippen LogP contribution in [0, 0.1) is 0 Å². The van der Waals surface area contributed by atoms with Crippen molar-refractivity contribution in [1.29, 1.82) is 0 Å². The zero-order valence-electron chi connectivity index (χ0n) is 24.0. The molecule has 3 atom stereocenters. The van der Waals surface area contributed by atoms with E-state index in [9.17, 15) is 19.5 Å². The van der Waals surface area contributed by atoms with Crippen molar-refractivity contribution in [2.75, 3.05) is 27.2 Å². The molecule has 0 aromatic heterocycles. The Balaban J connectivity index is 1.43. The Morgan fingerprint density at radius 1 is 0.953 bits per heavy atom. The van der Waals surface area contributed by atoms with E-state index < -0.39 is 30.1 Å². The second-order valence-corrected chi connectivity index (χ2v) is 10.5. The molecule has 2 aliphatic rings. The predicted octanol–water partition coefficient (Wildman–Crippen LogP) is 3.44. The number of carbonyl (C=O) groups excluding carboxylic acids is 3. The van der Waals surface area contributed by atoms with E-state index in [0.29, 0.717) is 11.1 Å². The number of ether oxygens (including phenoxy) is 3. The molecule has 2 N–H and O–H groups in total. The van der Waals surface area contributed by atoms with Gasteiger partial charge in [-0.15, -0.1) is 0 Å². The van der Waals surface area contributed by atoms with Crippen LogP contribution in [-0.4, -0.2) is 73.3 Å². The van der Waals surface area contributed by atoms with Gasteiger partial charge in [0.15, 0.2) is 0 Å². The minimum absolute atomic E-state index is 0.0883. The van der Waals surface area contributed by atoms with Crippen molar-refractivity contribution in [1.82, 2.24) is 10.2 Å². The minimum atomic E-state index is -1.30. The summed E-state index contributed by atoms with van der Waals surface area (Å²) in [6, 6.07) is 25.7. The van der Waals surface area contributed by atoms with Crippen LogP contribution in [0.25, 0.3) is 6.08 Å². The van der Waals surface area contributed by atoms with Crippen LogP contribution in [0.2, 0.25) is 0 Å². The van der Waals surface area contributed by atoms with E-state index in [4.69, 9.17) is 14.2 Å². The molecule has 222 valence electrons. The molecule has 9 nitrogen and oxygen atoms in total. The number of nitrogens with one attached hydrogen (secondary N) is 1. The van der Waals surface area contributed by atoms with Crippen molar-refractivity contribution in [3.05, 3.63) is 125 Å². The maximum absolute atomic E-state index is 13.4. The maximum atomic E-state index is 13.4. The van der Waals surface area contributed by atoms with Crippen LogP contribution in [0.1, 0.15) is 33.5 Å².